The van der Waals surface area contributed by atoms with Crippen LogP contribution in [-0.2, 0) is 9.59 Å². The normalized spacial score (nSPS) is 19.7. The molecule has 1 heterocycles. The maximum Gasteiger partial charge on any atom is 0.243 e. The minimum Gasteiger partial charge on any atom is -0.300 e. The molecule has 0 unspecified atom stereocenters. The van der Waals surface area contributed by atoms with Crippen LogP contribution in [0, 0.1) is 0 Å². The number of piperazine rings is 1. The summed E-state index contributed by atoms with van der Waals surface area (Å²) >= 11 is 0. The van der Waals surface area contributed by atoms with Gasteiger partial charge in [0.05, 0.1) is 13.1 Å². The first-order chi connectivity index (χ1) is 5.13. The van der Waals surface area contributed by atoms with Crippen molar-refractivity contribution >= 4 is 11.8 Å². The predicted octanol–water partition coefficient (Wildman–Crippen LogP) is -0.647. The molecule has 0 bridgehead atoms. The molecule has 0 aromatic rings. The van der Waals surface area contributed by atoms with Gasteiger partial charge in [0.15, 0.2) is 0 Å². The third kappa shape index (κ3) is 1.57. The monoisotopic (exact) mass is 156 g/mol. The maximum absolute atomic E-state index is 11.1. The van der Waals surface area contributed by atoms with Crippen molar-refractivity contribution in [2.45, 2.75) is 19.9 Å². The van der Waals surface area contributed by atoms with Gasteiger partial charge in [0.2, 0.25) is 11.8 Å². The lowest BCUT2D eigenvalue weighted by atomic mass is 10.2. The molecular formula is C7H12N2O2. The molecule has 0 aromatic heterocycles. The molecule has 0 aliphatic carbocycles. The molecule has 0 atom stereocenters. The van der Waals surface area contributed by atoms with Crippen LogP contribution in [0.5, 0.6) is 0 Å². The molecule has 1 aliphatic heterocycles. The van der Waals surface area contributed by atoms with E-state index in [0.717, 1.165) is 0 Å². The molecule has 0 aromatic carbocycles. The standard InChI is InChI=1S/C7H12N2O2/c1-5(2)9-6(10)3-8-4-7(9)11/h5,8H,3-4H2,1-2H3. The minimum absolute atomic E-state index is 0.0166. The van der Waals surface area contributed by atoms with E-state index in [-0.39, 0.29) is 30.9 Å². The highest BCUT2D eigenvalue weighted by molar-refractivity contribution is 5.99. The fourth-order valence-electron chi connectivity index (χ4n) is 1.16. The molecule has 1 N–H and O–H groups in total. The predicted molar refractivity (Wildman–Crippen MR) is 39.9 cm³/mol. The second-order valence-electron chi connectivity index (χ2n) is 2.85. The van der Waals surface area contributed by atoms with Crippen molar-refractivity contribution < 1.29 is 9.59 Å². The number of hydrogen-bond acceptors (Lipinski definition) is 3. The van der Waals surface area contributed by atoms with Crippen LogP contribution in [0.25, 0.3) is 0 Å². The Hall–Kier alpha value is -0.900. The summed E-state index contributed by atoms with van der Waals surface area (Å²) in [4.78, 5) is 23.5. The Kier molecular flexibility index (Phi) is 2.24. The number of carbonyl (C=O) groups excluding carboxylic acids is 2. The number of nitrogens with one attached hydrogen (secondary N) is 1. The molecule has 4 heteroatoms. The summed E-state index contributed by atoms with van der Waals surface area (Å²) in [5, 5.41) is 2.73. The van der Waals surface area contributed by atoms with Crippen molar-refractivity contribution in [3.8, 4) is 0 Å². The molecule has 1 fully saturated rings. The Morgan fingerprint density at radius 2 is 1.73 bits per heavy atom. The van der Waals surface area contributed by atoms with E-state index in [1.807, 2.05) is 13.8 Å². The molecule has 2 amide bonds. The highest BCUT2D eigenvalue weighted by Crippen LogP contribution is 2.01. The highest BCUT2D eigenvalue weighted by atomic mass is 16.2. The van der Waals surface area contributed by atoms with Gasteiger partial charge >= 0.3 is 0 Å². The summed E-state index contributed by atoms with van der Waals surface area (Å²) in [6.07, 6.45) is 0. The quantitative estimate of drug-likeness (QED) is 0.513. The van der Waals surface area contributed by atoms with Crippen LogP contribution in [0.15, 0.2) is 0 Å². The van der Waals surface area contributed by atoms with E-state index in [0.29, 0.717) is 0 Å². The SMILES string of the molecule is CC(C)N1C(=O)CNCC1=O. The van der Waals surface area contributed by atoms with Crippen LogP contribution in [0.3, 0.4) is 0 Å². The minimum atomic E-state index is -0.128. The van der Waals surface area contributed by atoms with E-state index < -0.39 is 0 Å². The molecule has 1 aliphatic rings. The van der Waals surface area contributed by atoms with Crippen molar-refractivity contribution in [2.75, 3.05) is 13.1 Å². The van der Waals surface area contributed by atoms with Crippen molar-refractivity contribution in [1.82, 2.24) is 10.2 Å². The first-order valence-electron chi connectivity index (χ1n) is 3.68. The lowest BCUT2D eigenvalue weighted by Gasteiger charge is -2.28. The van der Waals surface area contributed by atoms with Gasteiger partial charge in [0, 0.05) is 6.04 Å². The van der Waals surface area contributed by atoms with Gasteiger partial charge in [-0.25, -0.2) is 0 Å². The van der Waals surface area contributed by atoms with Gasteiger partial charge in [0.1, 0.15) is 0 Å². The second-order valence-corrected chi connectivity index (χ2v) is 2.85. The number of rotatable bonds is 1. The number of carbonyl (C=O) groups is 2. The summed E-state index contributed by atoms with van der Waals surface area (Å²) in [5.74, 6) is -0.257. The van der Waals surface area contributed by atoms with Crippen LogP contribution in [0.1, 0.15) is 13.8 Å². The van der Waals surface area contributed by atoms with Crippen LogP contribution >= 0.6 is 0 Å². The van der Waals surface area contributed by atoms with Crippen molar-refractivity contribution in [3.05, 3.63) is 0 Å². The molecule has 4 nitrogen and oxygen atoms in total. The second kappa shape index (κ2) is 3.00. The summed E-state index contributed by atoms with van der Waals surface area (Å²) in [5.41, 5.74) is 0. The highest BCUT2D eigenvalue weighted by Gasteiger charge is 2.27. The Morgan fingerprint density at radius 1 is 1.27 bits per heavy atom. The Bertz CT molecular complexity index is 173. The smallest absolute Gasteiger partial charge is 0.243 e. The molecule has 11 heavy (non-hydrogen) atoms. The Balaban J connectivity index is 2.71. The third-order valence-electron chi connectivity index (χ3n) is 1.61. The van der Waals surface area contributed by atoms with E-state index >= 15 is 0 Å². The number of nitrogens with zero attached hydrogens (tertiary/aromatic N) is 1. The van der Waals surface area contributed by atoms with Crippen LogP contribution in [0.2, 0.25) is 0 Å². The van der Waals surface area contributed by atoms with Crippen LogP contribution in [0.4, 0.5) is 0 Å². The zero-order chi connectivity index (χ0) is 8.43. The van der Waals surface area contributed by atoms with Gasteiger partial charge in [0.25, 0.3) is 0 Å². The van der Waals surface area contributed by atoms with Gasteiger partial charge < -0.3 is 0 Å². The van der Waals surface area contributed by atoms with Crippen molar-refractivity contribution in [1.29, 1.82) is 0 Å². The van der Waals surface area contributed by atoms with Crippen LogP contribution in [-0.4, -0.2) is 35.8 Å². The molecule has 1 rings (SSSR count). The van der Waals surface area contributed by atoms with Crippen LogP contribution < -0.4 is 5.32 Å². The van der Waals surface area contributed by atoms with E-state index in [1.54, 1.807) is 0 Å². The topological polar surface area (TPSA) is 49.4 Å². The summed E-state index contributed by atoms with van der Waals surface area (Å²) in [6.45, 7) is 4.23. The van der Waals surface area contributed by atoms with E-state index in [4.69, 9.17) is 0 Å². The fourth-order valence-corrected chi connectivity index (χ4v) is 1.16. The average Bonchev–Trinajstić information content (AvgIpc) is 1.85. The van der Waals surface area contributed by atoms with Gasteiger partial charge in [-0.05, 0) is 13.8 Å². The third-order valence-corrected chi connectivity index (χ3v) is 1.61. The summed E-state index contributed by atoms with van der Waals surface area (Å²) in [6, 6.07) is -0.0166. The molecule has 62 valence electrons. The average molecular weight is 156 g/mol. The lowest BCUT2D eigenvalue weighted by Crippen LogP contribution is -2.54. The largest absolute Gasteiger partial charge is 0.300 e. The molecule has 0 spiro atoms. The van der Waals surface area contributed by atoms with E-state index in [9.17, 15) is 9.59 Å². The van der Waals surface area contributed by atoms with Crippen molar-refractivity contribution in [3.63, 3.8) is 0 Å². The molecular weight excluding hydrogens is 144 g/mol. The van der Waals surface area contributed by atoms with Gasteiger partial charge in [-0.3, -0.25) is 19.8 Å². The fraction of sp³-hybridized carbons (Fsp3) is 0.714. The first kappa shape index (κ1) is 8.20. The number of hydrogen-bond donors (Lipinski definition) is 1. The summed E-state index contributed by atoms with van der Waals surface area (Å²) in [7, 11) is 0. The van der Waals surface area contributed by atoms with Gasteiger partial charge in [-0.1, -0.05) is 0 Å². The Labute approximate surface area is 65.6 Å². The lowest BCUT2D eigenvalue weighted by molar-refractivity contribution is -0.148. The maximum atomic E-state index is 11.1. The van der Waals surface area contributed by atoms with E-state index in [2.05, 4.69) is 5.32 Å². The zero-order valence-electron chi connectivity index (χ0n) is 6.76. The Morgan fingerprint density at radius 3 is 2.00 bits per heavy atom. The number of imide groups is 1. The zero-order valence-corrected chi connectivity index (χ0v) is 6.76. The van der Waals surface area contributed by atoms with Gasteiger partial charge in [-0.15, -0.1) is 0 Å². The molecule has 1 saturated heterocycles. The van der Waals surface area contributed by atoms with E-state index in [1.165, 1.54) is 4.90 Å². The van der Waals surface area contributed by atoms with Gasteiger partial charge in [-0.2, -0.15) is 0 Å². The number of amides is 2. The van der Waals surface area contributed by atoms with Crippen molar-refractivity contribution in [2.24, 2.45) is 0 Å². The molecule has 0 radical (unpaired) electrons. The first-order valence-corrected chi connectivity index (χ1v) is 3.68. The summed E-state index contributed by atoms with van der Waals surface area (Å²) < 4.78 is 0. The molecule has 0 saturated carbocycles.